The second-order valence-electron chi connectivity index (χ2n) is 8.33. The number of aromatic nitrogens is 2. The first-order valence-electron chi connectivity index (χ1n) is 10.0. The number of carbonyl (C=O) groups is 1. The highest BCUT2D eigenvalue weighted by molar-refractivity contribution is 5.84. The van der Waals surface area contributed by atoms with Gasteiger partial charge in [0, 0.05) is 5.92 Å². The third-order valence-corrected chi connectivity index (χ3v) is 5.10. The Hall–Kier alpha value is -2.70. The van der Waals surface area contributed by atoms with Crippen LogP contribution >= 0.6 is 0 Å². The van der Waals surface area contributed by atoms with Crippen molar-refractivity contribution in [2.75, 3.05) is 6.61 Å². The molecule has 1 aromatic heterocycles. The minimum atomic E-state index is -0.718. The van der Waals surface area contributed by atoms with Crippen molar-refractivity contribution in [2.24, 2.45) is 17.1 Å². The first-order valence-corrected chi connectivity index (χ1v) is 10.0. The minimum Gasteiger partial charge on any atom is -0.475 e. The highest BCUT2D eigenvalue weighted by Gasteiger charge is 2.39. The summed E-state index contributed by atoms with van der Waals surface area (Å²) in [6, 6.07) is 0. The lowest BCUT2D eigenvalue weighted by Gasteiger charge is -2.32. The van der Waals surface area contributed by atoms with Gasteiger partial charge in [0.05, 0.1) is 23.9 Å². The molecule has 0 amide bonds. The molecule has 7 heteroatoms. The van der Waals surface area contributed by atoms with E-state index < -0.39 is 11.0 Å². The predicted octanol–water partition coefficient (Wildman–Crippen LogP) is 3.90. The molecular weight excluding hydrogens is 368 g/mol. The number of rotatable bonds is 8. The SMILES string of the molecule is CCC(CC)(COc1cnc(C2=CCC(C(=N)N)C=C2)cn1)C(=O)OC(C)(C)C. The molecule has 158 valence electrons. The fourth-order valence-electron chi connectivity index (χ4n) is 2.98. The van der Waals surface area contributed by atoms with Crippen molar-refractivity contribution in [3.05, 3.63) is 36.3 Å². The fraction of sp³-hybridized carbons (Fsp3) is 0.545. The molecular formula is C22H32N4O3. The van der Waals surface area contributed by atoms with Gasteiger partial charge in [-0.2, -0.15) is 0 Å². The van der Waals surface area contributed by atoms with Crippen molar-refractivity contribution < 1.29 is 14.3 Å². The van der Waals surface area contributed by atoms with Crippen LogP contribution in [0, 0.1) is 16.7 Å². The average molecular weight is 401 g/mol. The maximum atomic E-state index is 12.7. The molecule has 0 spiro atoms. The molecule has 0 aliphatic heterocycles. The predicted molar refractivity (Wildman–Crippen MR) is 114 cm³/mol. The van der Waals surface area contributed by atoms with Crippen LogP contribution in [-0.4, -0.2) is 34.0 Å². The maximum absolute atomic E-state index is 12.7. The summed E-state index contributed by atoms with van der Waals surface area (Å²) in [4.78, 5) is 21.5. The van der Waals surface area contributed by atoms with E-state index in [0.29, 0.717) is 25.1 Å². The standard InChI is InChI=1S/C22H32N4O3/c1-6-22(7-2,20(27)29-21(3,4)5)14-28-18-13-25-17(12-26-18)15-8-10-16(11-9-15)19(23)24/h8-10,12-13,16H,6-7,11,14H2,1-5H3,(H3,23,24). The summed E-state index contributed by atoms with van der Waals surface area (Å²) in [6.07, 6.45) is 10.9. The topological polar surface area (TPSA) is 111 Å². The highest BCUT2D eigenvalue weighted by Crippen LogP contribution is 2.31. The lowest BCUT2D eigenvalue weighted by atomic mass is 9.83. The van der Waals surface area contributed by atoms with Crippen LogP contribution in [0.1, 0.15) is 59.6 Å². The Bertz CT molecular complexity index is 787. The van der Waals surface area contributed by atoms with Gasteiger partial charge in [0.15, 0.2) is 0 Å². The van der Waals surface area contributed by atoms with Gasteiger partial charge in [-0.1, -0.05) is 32.1 Å². The van der Waals surface area contributed by atoms with Crippen LogP contribution < -0.4 is 10.5 Å². The van der Waals surface area contributed by atoms with Crippen LogP contribution in [0.15, 0.2) is 30.6 Å². The summed E-state index contributed by atoms with van der Waals surface area (Å²) < 4.78 is 11.4. The molecule has 1 unspecified atom stereocenters. The number of ether oxygens (including phenoxy) is 2. The molecule has 3 N–H and O–H groups in total. The molecule has 1 aliphatic rings. The van der Waals surface area contributed by atoms with E-state index in [2.05, 4.69) is 9.97 Å². The van der Waals surface area contributed by atoms with Crippen molar-refractivity contribution >= 4 is 17.4 Å². The second kappa shape index (κ2) is 9.20. The first-order chi connectivity index (χ1) is 13.6. The summed E-state index contributed by atoms with van der Waals surface area (Å²) in [7, 11) is 0. The third kappa shape index (κ3) is 5.89. The van der Waals surface area contributed by atoms with Crippen LogP contribution in [0.5, 0.6) is 5.88 Å². The number of nitrogens with one attached hydrogen (secondary N) is 1. The number of hydrogen-bond donors (Lipinski definition) is 2. The van der Waals surface area contributed by atoms with Crippen molar-refractivity contribution in [3.63, 3.8) is 0 Å². The van der Waals surface area contributed by atoms with Crippen molar-refractivity contribution in [1.82, 2.24) is 9.97 Å². The number of esters is 1. The zero-order chi connectivity index (χ0) is 21.7. The van der Waals surface area contributed by atoms with Crippen LogP contribution in [0.3, 0.4) is 0 Å². The van der Waals surface area contributed by atoms with Gasteiger partial charge in [0.1, 0.15) is 17.6 Å². The van der Waals surface area contributed by atoms with Gasteiger partial charge in [-0.3, -0.25) is 10.2 Å². The van der Waals surface area contributed by atoms with E-state index in [1.165, 1.54) is 0 Å². The van der Waals surface area contributed by atoms with Gasteiger partial charge in [0.25, 0.3) is 0 Å². The lowest BCUT2D eigenvalue weighted by Crippen LogP contribution is -2.41. The molecule has 2 rings (SSSR count). The number of allylic oxidation sites excluding steroid dienone is 3. The van der Waals surface area contributed by atoms with Crippen LogP contribution in [0.25, 0.3) is 5.57 Å². The summed E-state index contributed by atoms with van der Waals surface area (Å²) in [5.74, 6) is 0.216. The third-order valence-electron chi connectivity index (χ3n) is 5.10. The van der Waals surface area contributed by atoms with Crippen LogP contribution in [0.2, 0.25) is 0 Å². The molecule has 0 aromatic carbocycles. The molecule has 0 saturated heterocycles. The smallest absolute Gasteiger partial charge is 0.316 e. The molecule has 0 fully saturated rings. The Morgan fingerprint density at radius 2 is 1.93 bits per heavy atom. The molecule has 0 bridgehead atoms. The summed E-state index contributed by atoms with van der Waals surface area (Å²) in [5.41, 5.74) is 5.94. The zero-order valence-electron chi connectivity index (χ0n) is 18.0. The Morgan fingerprint density at radius 3 is 2.38 bits per heavy atom. The van der Waals surface area contributed by atoms with Gasteiger partial charge in [-0.15, -0.1) is 0 Å². The molecule has 1 aromatic rings. The Labute approximate surface area is 172 Å². The summed E-state index contributed by atoms with van der Waals surface area (Å²) >= 11 is 0. The fourth-order valence-corrected chi connectivity index (χ4v) is 2.98. The quantitative estimate of drug-likeness (QED) is 0.389. The Balaban J connectivity index is 2.04. The molecule has 1 aliphatic carbocycles. The van der Waals surface area contributed by atoms with Crippen molar-refractivity contribution in [3.8, 4) is 5.88 Å². The van der Waals surface area contributed by atoms with Gasteiger partial charge in [-0.25, -0.2) is 9.97 Å². The monoisotopic (exact) mass is 400 g/mol. The van der Waals surface area contributed by atoms with Gasteiger partial charge in [0.2, 0.25) is 5.88 Å². The number of nitrogens with two attached hydrogens (primary N) is 1. The molecule has 1 heterocycles. The average Bonchev–Trinajstić information content (AvgIpc) is 2.68. The second-order valence-corrected chi connectivity index (χ2v) is 8.33. The minimum absolute atomic E-state index is 0.0571. The van der Waals surface area contributed by atoms with Gasteiger partial charge >= 0.3 is 5.97 Å². The largest absolute Gasteiger partial charge is 0.475 e. The van der Waals surface area contributed by atoms with E-state index in [-0.39, 0.29) is 24.3 Å². The number of nitrogens with zero attached hydrogens (tertiary/aromatic N) is 2. The van der Waals surface area contributed by atoms with E-state index in [1.807, 2.05) is 52.8 Å². The van der Waals surface area contributed by atoms with E-state index in [4.69, 9.17) is 20.6 Å². The first kappa shape index (κ1) is 22.6. The van der Waals surface area contributed by atoms with E-state index in [9.17, 15) is 4.79 Å². The zero-order valence-corrected chi connectivity index (χ0v) is 18.0. The number of amidine groups is 1. The van der Waals surface area contributed by atoms with Gasteiger partial charge < -0.3 is 15.2 Å². The molecule has 0 saturated carbocycles. The lowest BCUT2D eigenvalue weighted by molar-refractivity contribution is -0.170. The summed E-state index contributed by atoms with van der Waals surface area (Å²) in [6.45, 7) is 9.69. The maximum Gasteiger partial charge on any atom is 0.316 e. The van der Waals surface area contributed by atoms with E-state index in [0.717, 1.165) is 11.3 Å². The van der Waals surface area contributed by atoms with Crippen LogP contribution in [0.4, 0.5) is 0 Å². The van der Waals surface area contributed by atoms with Gasteiger partial charge in [-0.05, 0) is 45.6 Å². The van der Waals surface area contributed by atoms with Crippen molar-refractivity contribution in [2.45, 2.75) is 59.5 Å². The Morgan fingerprint density at radius 1 is 1.24 bits per heavy atom. The van der Waals surface area contributed by atoms with Crippen molar-refractivity contribution in [1.29, 1.82) is 5.41 Å². The highest BCUT2D eigenvalue weighted by atomic mass is 16.6. The number of carbonyl (C=O) groups excluding carboxylic acids is 1. The van der Waals surface area contributed by atoms with E-state index >= 15 is 0 Å². The summed E-state index contributed by atoms with van der Waals surface area (Å²) in [5, 5.41) is 7.51. The van der Waals surface area contributed by atoms with E-state index in [1.54, 1.807) is 12.4 Å². The van der Waals surface area contributed by atoms with Crippen LogP contribution in [-0.2, 0) is 9.53 Å². The molecule has 1 atom stereocenters. The normalized spacial score (nSPS) is 16.9. The Kier molecular flexibility index (Phi) is 7.16. The number of hydrogen-bond acceptors (Lipinski definition) is 6. The molecule has 0 radical (unpaired) electrons. The molecule has 7 nitrogen and oxygen atoms in total. The molecule has 29 heavy (non-hydrogen) atoms.